The molecule has 0 saturated carbocycles. The van der Waals surface area contributed by atoms with Crippen molar-refractivity contribution in [2.45, 2.75) is 82.4 Å². The first-order chi connectivity index (χ1) is 27.5. The number of thiophene rings is 1. The Kier molecular flexibility index (Phi) is 11.2. The highest BCUT2D eigenvalue weighted by molar-refractivity contribution is 7.34. The Morgan fingerprint density at radius 1 is 1.09 bits per heavy atom. The highest BCUT2D eigenvalue weighted by Crippen LogP contribution is 2.39. The summed E-state index contributed by atoms with van der Waals surface area (Å²) in [4.78, 5) is 81.6. The standard InChI is InChI=1S/C40H43FN7O7PS/c1-23-15-28-10-11-32(39(51)47-20-27(21-47)30-19-42-22-43-36(30)46-13-6-14-46)48(28)38(50)31(16-23)44-37(49)34-18-26-17-25(9-12-33(26)57-34)35(41)54-40(52)24(2)45-56(53)55-29-7-4-3-5-8-29/h3-5,7-9,12,17-19,22-24,27-28,31-32,35H,6,10-11,13-16,20-21H2,1-2H3,(H,44,49)/t23-,24-,28+,31-,32-,35-/m0/s1. The van der Waals surface area contributed by atoms with E-state index >= 15 is 4.39 Å². The molecule has 0 spiro atoms. The molecule has 7 atom stereocenters. The van der Waals surface area contributed by atoms with Crippen LogP contribution in [0.3, 0.4) is 0 Å². The molecule has 8 rings (SSSR count). The highest BCUT2D eigenvalue weighted by atomic mass is 32.1. The van der Waals surface area contributed by atoms with E-state index in [-0.39, 0.29) is 35.3 Å². The van der Waals surface area contributed by atoms with Gasteiger partial charge in [-0.3, -0.25) is 18.9 Å². The van der Waals surface area contributed by atoms with Gasteiger partial charge in [-0.15, -0.1) is 11.3 Å². The lowest BCUT2D eigenvalue weighted by atomic mass is 9.91. The number of carbonyl (C=O) groups excluding carboxylic acids is 4. The molecule has 0 aliphatic carbocycles. The third-order valence-corrected chi connectivity index (χ3v) is 13.3. The third-order valence-electron chi connectivity index (χ3n) is 11.2. The number of likely N-dealkylation sites (tertiary alicyclic amines) is 1. The summed E-state index contributed by atoms with van der Waals surface area (Å²) < 4.78 is 29.9. The Morgan fingerprint density at radius 2 is 1.88 bits per heavy atom. The second kappa shape index (κ2) is 16.4. The molecule has 0 radical (unpaired) electrons. The molecule has 0 bridgehead atoms. The zero-order valence-corrected chi connectivity index (χ0v) is 33.2. The molecule has 3 amide bonds. The van der Waals surface area contributed by atoms with Crippen LogP contribution >= 0.6 is 19.5 Å². The molecular weight excluding hydrogens is 773 g/mol. The normalized spacial score (nSPS) is 23.5. The van der Waals surface area contributed by atoms with E-state index in [1.807, 2.05) is 11.1 Å². The van der Waals surface area contributed by atoms with Gasteiger partial charge < -0.3 is 29.6 Å². The average Bonchev–Trinajstić information content (AvgIpc) is 3.75. The van der Waals surface area contributed by atoms with Crippen LogP contribution in [-0.2, 0) is 19.1 Å². The smallest absolute Gasteiger partial charge is 0.395 e. The summed E-state index contributed by atoms with van der Waals surface area (Å²) in [5, 5.41) is 3.51. The summed E-state index contributed by atoms with van der Waals surface area (Å²) in [6.07, 6.45) is 4.91. The minimum atomic E-state index is -2.60. The topological polar surface area (TPSA) is 170 Å². The Morgan fingerprint density at radius 3 is 2.63 bits per heavy atom. The number of nitrogens with one attached hydrogen (secondary N) is 1. The lowest BCUT2D eigenvalue weighted by molar-refractivity contribution is -0.171. The van der Waals surface area contributed by atoms with Crippen molar-refractivity contribution in [2.75, 3.05) is 31.1 Å². The van der Waals surface area contributed by atoms with E-state index in [2.05, 4.69) is 31.9 Å². The maximum absolute atomic E-state index is 15.2. The lowest BCUT2D eigenvalue weighted by Gasteiger charge is -2.44. The van der Waals surface area contributed by atoms with E-state index in [4.69, 9.17) is 9.26 Å². The number of carbonyl (C=O) groups is 4. The fourth-order valence-corrected chi connectivity index (χ4v) is 9.80. The van der Waals surface area contributed by atoms with Crippen molar-refractivity contribution in [3.05, 3.63) is 83.1 Å². The van der Waals surface area contributed by atoms with Gasteiger partial charge >= 0.3 is 14.1 Å². The molecule has 1 unspecified atom stereocenters. The van der Waals surface area contributed by atoms with Crippen LogP contribution in [0.5, 0.6) is 5.75 Å². The number of benzene rings is 2. The van der Waals surface area contributed by atoms with E-state index in [9.17, 15) is 24.1 Å². The summed E-state index contributed by atoms with van der Waals surface area (Å²) in [6, 6.07) is 11.8. The van der Waals surface area contributed by atoms with Crippen LogP contribution in [0.2, 0.25) is 0 Å². The Bertz CT molecular complexity index is 2200. The number of halogens is 1. The van der Waals surface area contributed by atoms with Crippen molar-refractivity contribution in [3.63, 3.8) is 0 Å². The van der Waals surface area contributed by atoms with E-state index in [1.54, 1.807) is 53.7 Å². The van der Waals surface area contributed by atoms with Crippen LogP contribution < -0.4 is 19.6 Å². The first-order valence-corrected chi connectivity index (χ1v) is 21.2. The number of alkyl halides is 1. The van der Waals surface area contributed by atoms with Crippen molar-refractivity contribution >= 4 is 59.1 Å². The molecule has 6 heterocycles. The number of aromatic nitrogens is 2. The molecule has 4 aromatic rings. The lowest BCUT2D eigenvalue weighted by Crippen LogP contribution is -2.58. The number of para-hydroxylation sites is 1. The van der Waals surface area contributed by atoms with Gasteiger partial charge in [-0.05, 0) is 80.7 Å². The Hall–Kier alpha value is -5.05. The quantitative estimate of drug-likeness (QED) is 0.156. The molecule has 17 heteroatoms. The van der Waals surface area contributed by atoms with Gasteiger partial charge in [-0.2, -0.15) is 4.39 Å². The minimum Gasteiger partial charge on any atom is -0.575 e. The predicted molar refractivity (Wildman–Crippen MR) is 209 cm³/mol. The van der Waals surface area contributed by atoms with Crippen LogP contribution in [0, 0.1) is 5.92 Å². The first kappa shape index (κ1) is 38.8. The number of amides is 3. The second-order valence-corrected chi connectivity index (χ2v) is 17.2. The monoisotopic (exact) mass is 815 g/mol. The molecule has 1 N–H and O–H groups in total. The molecule has 2 aromatic carbocycles. The maximum atomic E-state index is 15.2. The van der Waals surface area contributed by atoms with Gasteiger partial charge in [0.1, 0.15) is 24.2 Å². The van der Waals surface area contributed by atoms with Crippen molar-refractivity contribution in [3.8, 4) is 5.75 Å². The van der Waals surface area contributed by atoms with Gasteiger partial charge in [-0.25, -0.2) is 14.8 Å². The molecule has 298 valence electrons. The Balaban J connectivity index is 0.892. The number of ether oxygens (including phenoxy) is 1. The van der Waals surface area contributed by atoms with Crippen molar-refractivity contribution in [1.29, 1.82) is 0 Å². The molecule has 57 heavy (non-hydrogen) atoms. The van der Waals surface area contributed by atoms with E-state index < -0.39 is 44.5 Å². The number of hydrogen-bond acceptors (Lipinski definition) is 12. The summed E-state index contributed by atoms with van der Waals surface area (Å²) >= 11 is 1.19. The molecule has 2 aromatic heterocycles. The van der Waals surface area contributed by atoms with Gasteiger partial charge in [0.2, 0.25) is 11.8 Å². The largest absolute Gasteiger partial charge is 0.575 e. The maximum Gasteiger partial charge on any atom is 0.395 e. The Labute approximate surface area is 334 Å². The number of rotatable bonds is 11. The number of nitrogens with zero attached hydrogens (tertiary/aromatic N) is 6. The molecule has 4 aliphatic rings. The van der Waals surface area contributed by atoms with E-state index in [0.717, 1.165) is 43.7 Å². The number of fused-ring (bicyclic) bond motifs is 2. The van der Waals surface area contributed by atoms with Crippen molar-refractivity contribution in [1.82, 2.24) is 25.1 Å². The van der Waals surface area contributed by atoms with Gasteiger partial charge in [0.25, 0.3) is 12.3 Å². The summed E-state index contributed by atoms with van der Waals surface area (Å²) in [5.74, 6) is -0.233. The van der Waals surface area contributed by atoms with Gasteiger partial charge in [0.15, 0.2) is 11.8 Å². The van der Waals surface area contributed by atoms with Gasteiger partial charge in [0.05, 0.1) is 4.88 Å². The van der Waals surface area contributed by atoms with Crippen LogP contribution in [0.4, 0.5) is 10.2 Å². The van der Waals surface area contributed by atoms with Gasteiger partial charge in [0, 0.05) is 60.2 Å². The first-order valence-electron chi connectivity index (χ1n) is 19.3. The van der Waals surface area contributed by atoms with Crippen LogP contribution in [0.1, 0.15) is 79.0 Å². The van der Waals surface area contributed by atoms with Crippen LogP contribution in [0.25, 0.3) is 10.1 Å². The third kappa shape index (κ3) is 8.21. The summed E-state index contributed by atoms with van der Waals surface area (Å²) in [5.41, 5.74) is 1.10. The second-order valence-electron chi connectivity index (χ2n) is 15.3. The van der Waals surface area contributed by atoms with Crippen LogP contribution in [0.15, 0.2) is 71.9 Å². The van der Waals surface area contributed by atoms with E-state index in [1.165, 1.54) is 30.4 Å². The molecular formula is C40H43FN7O7PS. The fraction of sp³-hybridized carbons (Fsp3) is 0.450. The SMILES string of the molecule is C[C@H]1C[C@H]2CC[C@@H](C(=O)N3CC(c4cncnc4N4CCC4)C3)N2C(=O)[C@@H](NC(=O)c2cc3cc([C@@H](F)OC(=O)[C@H](C)N=[P+]([O-])Oc4ccccc4)ccc3s2)C1. The van der Waals surface area contributed by atoms with Crippen molar-refractivity contribution < 1.29 is 37.7 Å². The van der Waals surface area contributed by atoms with Crippen molar-refractivity contribution in [2.24, 2.45) is 10.7 Å². The fourth-order valence-electron chi connectivity index (χ4n) is 8.13. The number of hydrogen-bond donors (Lipinski definition) is 1. The summed E-state index contributed by atoms with van der Waals surface area (Å²) in [6.45, 7) is 6.43. The zero-order chi connectivity index (χ0) is 39.8. The average molecular weight is 816 g/mol. The minimum absolute atomic E-state index is 0.0449. The number of esters is 1. The van der Waals surface area contributed by atoms with Gasteiger partial charge in [-0.1, -0.05) is 35.9 Å². The molecule has 14 nitrogen and oxygen atoms in total. The predicted octanol–water partition coefficient (Wildman–Crippen LogP) is 5.25. The van der Waals surface area contributed by atoms with Crippen LogP contribution in [-0.4, -0.2) is 93.8 Å². The number of anilines is 1. The molecule has 4 fully saturated rings. The summed E-state index contributed by atoms with van der Waals surface area (Å²) in [7, 11) is -2.60. The van der Waals surface area contributed by atoms with E-state index in [0.29, 0.717) is 46.6 Å². The molecule has 4 aliphatic heterocycles. The highest BCUT2D eigenvalue weighted by Gasteiger charge is 2.49. The molecule has 4 saturated heterocycles. The zero-order valence-electron chi connectivity index (χ0n) is 31.5.